The molecule has 0 N–H and O–H groups in total. The van der Waals surface area contributed by atoms with Gasteiger partial charge in [-0.15, -0.1) is 5.73 Å². The van der Waals surface area contributed by atoms with Crippen molar-refractivity contribution < 1.29 is 4.42 Å². The van der Waals surface area contributed by atoms with E-state index in [0.29, 0.717) is 0 Å². The standard InChI is InChI=1S/C51H32O/c1-4-15-34(16-5-1)47-39-21-10-12-23-41(39)48(42-24-13-11-22-40(42)47)35-29-27-33(28-30-35)36-31-44-50-46(32-36)52-45-26-14-25-43(49(45)50)51(44,37-17-6-2-7-18-37)38-19-8-3-9-20-38/h1-2,4-19,21-32H,20H2. The third kappa shape index (κ3) is 4.00. The molecule has 52 heavy (non-hydrogen) atoms. The summed E-state index contributed by atoms with van der Waals surface area (Å²) in [5, 5.41) is 7.51. The van der Waals surface area contributed by atoms with Crippen molar-refractivity contribution in [2.24, 2.45) is 0 Å². The average Bonchev–Trinajstić information content (AvgIpc) is 3.75. The maximum absolute atomic E-state index is 6.64. The minimum atomic E-state index is -0.427. The van der Waals surface area contributed by atoms with Crippen LogP contribution in [-0.2, 0) is 5.41 Å². The minimum Gasteiger partial charge on any atom is -0.456 e. The normalized spacial score (nSPS) is 16.1. The Bertz CT molecular complexity index is 2930. The lowest BCUT2D eigenvalue weighted by Gasteiger charge is -2.36. The van der Waals surface area contributed by atoms with Gasteiger partial charge in [-0.05, 0) is 114 Å². The highest BCUT2D eigenvalue weighted by Gasteiger charge is 2.47. The molecule has 8 aromatic carbocycles. The molecule has 1 nitrogen and oxygen atoms in total. The summed E-state index contributed by atoms with van der Waals surface area (Å²) in [6, 6.07) is 59.9. The Labute approximate surface area is 302 Å². The molecule has 1 heteroatoms. The lowest BCUT2D eigenvalue weighted by Crippen LogP contribution is -2.30. The van der Waals surface area contributed by atoms with Crippen LogP contribution in [0.25, 0.3) is 76.9 Å². The third-order valence-corrected chi connectivity index (χ3v) is 11.4. The SMILES string of the molecule is C1=CC=C(C2(c3ccccc3)c3cccc4oc5cc(-c6ccc(-c7c8ccccc8c(-c8ccccc8)c8ccccc78)cc6)cc2c5c34)CC=1. The van der Waals surface area contributed by atoms with Crippen molar-refractivity contribution in [2.75, 3.05) is 0 Å². The first-order chi connectivity index (χ1) is 25.8. The van der Waals surface area contributed by atoms with E-state index < -0.39 is 5.41 Å². The molecule has 2 aliphatic carbocycles. The summed E-state index contributed by atoms with van der Waals surface area (Å²) in [7, 11) is 0. The van der Waals surface area contributed by atoms with Gasteiger partial charge in [0.2, 0.25) is 0 Å². The summed E-state index contributed by atoms with van der Waals surface area (Å²) in [5.74, 6) is 0. The zero-order chi connectivity index (χ0) is 34.2. The van der Waals surface area contributed by atoms with Crippen LogP contribution >= 0.6 is 0 Å². The van der Waals surface area contributed by atoms with Crippen LogP contribution in [-0.4, -0.2) is 0 Å². The first-order valence-corrected chi connectivity index (χ1v) is 18.1. The van der Waals surface area contributed by atoms with Crippen LogP contribution in [0, 0.1) is 0 Å². The highest BCUT2D eigenvalue weighted by atomic mass is 16.3. The van der Waals surface area contributed by atoms with Crippen LogP contribution in [0.2, 0.25) is 0 Å². The van der Waals surface area contributed by atoms with Gasteiger partial charge in [0, 0.05) is 10.8 Å². The third-order valence-electron chi connectivity index (χ3n) is 11.4. The second kappa shape index (κ2) is 11.2. The molecular weight excluding hydrogens is 629 g/mol. The predicted molar refractivity (Wildman–Crippen MR) is 217 cm³/mol. The van der Waals surface area contributed by atoms with E-state index in [4.69, 9.17) is 4.42 Å². The van der Waals surface area contributed by atoms with Gasteiger partial charge in [0.05, 0.1) is 5.41 Å². The first kappa shape index (κ1) is 29.1. The first-order valence-electron chi connectivity index (χ1n) is 18.1. The molecule has 1 atom stereocenters. The van der Waals surface area contributed by atoms with Gasteiger partial charge in [0.1, 0.15) is 11.2 Å². The van der Waals surface area contributed by atoms with Crippen LogP contribution < -0.4 is 0 Å². The Morgan fingerprint density at radius 3 is 1.67 bits per heavy atom. The van der Waals surface area contributed by atoms with Gasteiger partial charge in [-0.3, -0.25) is 0 Å². The number of hydrogen-bond donors (Lipinski definition) is 0. The molecule has 0 amide bonds. The molecule has 0 saturated heterocycles. The molecule has 0 fully saturated rings. The van der Waals surface area contributed by atoms with E-state index in [-0.39, 0.29) is 0 Å². The molecule has 1 unspecified atom stereocenters. The predicted octanol–water partition coefficient (Wildman–Crippen LogP) is 13.6. The van der Waals surface area contributed by atoms with Crippen molar-refractivity contribution in [3.8, 4) is 33.4 Å². The van der Waals surface area contributed by atoms with Crippen molar-refractivity contribution in [2.45, 2.75) is 11.8 Å². The summed E-state index contributed by atoms with van der Waals surface area (Å²) in [6.07, 6.45) is 7.35. The van der Waals surface area contributed by atoms with Gasteiger partial charge in [-0.25, -0.2) is 0 Å². The quantitative estimate of drug-likeness (QED) is 0.132. The Balaban J connectivity index is 1.12. The van der Waals surface area contributed by atoms with Gasteiger partial charge in [0.25, 0.3) is 0 Å². The monoisotopic (exact) mass is 660 g/mol. The Hall–Kier alpha value is -6.66. The van der Waals surface area contributed by atoms with Crippen molar-refractivity contribution in [3.05, 3.63) is 210 Å². The molecule has 0 aliphatic heterocycles. The van der Waals surface area contributed by atoms with E-state index in [9.17, 15) is 0 Å². The molecule has 0 radical (unpaired) electrons. The van der Waals surface area contributed by atoms with E-state index >= 15 is 0 Å². The molecule has 0 saturated carbocycles. The van der Waals surface area contributed by atoms with Gasteiger partial charge in [-0.2, -0.15) is 0 Å². The van der Waals surface area contributed by atoms with Gasteiger partial charge in [0.15, 0.2) is 0 Å². The molecule has 242 valence electrons. The molecule has 0 bridgehead atoms. The summed E-state index contributed by atoms with van der Waals surface area (Å²) >= 11 is 0. The molecule has 1 aromatic heterocycles. The van der Waals surface area contributed by atoms with E-state index in [1.54, 1.807) is 0 Å². The van der Waals surface area contributed by atoms with Gasteiger partial charge >= 0.3 is 0 Å². The zero-order valence-electron chi connectivity index (χ0n) is 28.4. The highest BCUT2D eigenvalue weighted by molar-refractivity contribution is 6.21. The highest BCUT2D eigenvalue weighted by Crippen LogP contribution is 2.58. The smallest absolute Gasteiger partial charge is 0.136 e. The lowest BCUT2D eigenvalue weighted by atomic mass is 9.65. The van der Waals surface area contributed by atoms with Crippen molar-refractivity contribution in [1.29, 1.82) is 0 Å². The molecular formula is C51H32O. The number of fused-ring (bicyclic) bond motifs is 2. The van der Waals surface area contributed by atoms with E-state index in [1.165, 1.54) is 82.4 Å². The van der Waals surface area contributed by atoms with E-state index in [2.05, 4.69) is 188 Å². The maximum Gasteiger partial charge on any atom is 0.136 e. The number of rotatable bonds is 5. The Kier molecular flexibility index (Phi) is 6.25. The summed E-state index contributed by atoms with van der Waals surface area (Å²) in [5.41, 5.74) is 17.3. The fraction of sp³-hybridized carbons (Fsp3) is 0.0392. The maximum atomic E-state index is 6.64. The van der Waals surface area contributed by atoms with Crippen molar-refractivity contribution in [3.63, 3.8) is 0 Å². The van der Waals surface area contributed by atoms with E-state index in [1.807, 2.05) is 0 Å². The van der Waals surface area contributed by atoms with Crippen molar-refractivity contribution in [1.82, 2.24) is 0 Å². The fourth-order valence-electron chi connectivity index (χ4n) is 9.31. The van der Waals surface area contributed by atoms with Crippen molar-refractivity contribution >= 4 is 43.5 Å². The van der Waals surface area contributed by atoms with Crippen LogP contribution in [0.5, 0.6) is 0 Å². The number of hydrogen-bond acceptors (Lipinski definition) is 1. The van der Waals surface area contributed by atoms with Gasteiger partial charge < -0.3 is 4.42 Å². The molecule has 9 aromatic rings. The average molecular weight is 661 g/mol. The summed E-state index contributed by atoms with van der Waals surface area (Å²) in [6.45, 7) is 0. The zero-order valence-corrected chi connectivity index (χ0v) is 28.4. The lowest BCUT2D eigenvalue weighted by molar-refractivity contribution is 0.661. The van der Waals surface area contributed by atoms with E-state index in [0.717, 1.165) is 23.2 Å². The van der Waals surface area contributed by atoms with Gasteiger partial charge in [-0.1, -0.05) is 152 Å². The Morgan fingerprint density at radius 2 is 1.04 bits per heavy atom. The second-order valence-corrected chi connectivity index (χ2v) is 14.0. The summed E-state index contributed by atoms with van der Waals surface area (Å²) in [4.78, 5) is 0. The van der Waals surface area contributed by atoms with Crippen LogP contribution in [0.15, 0.2) is 198 Å². The largest absolute Gasteiger partial charge is 0.456 e. The number of furan rings is 1. The topological polar surface area (TPSA) is 13.1 Å². The number of benzene rings is 8. The second-order valence-electron chi connectivity index (χ2n) is 14.0. The fourth-order valence-corrected chi connectivity index (χ4v) is 9.31. The minimum absolute atomic E-state index is 0.427. The Morgan fingerprint density at radius 1 is 0.462 bits per heavy atom. The molecule has 0 spiro atoms. The molecule has 2 aliphatic rings. The van der Waals surface area contributed by atoms with Crippen LogP contribution in [0.4, 0.5) is 0 Å². The number of allylic oxidation sites excluding steroid dienone is 3. The summed E-state index contributed by atoms with van der Waals surface area (Å²) < 4.78 is 6.64. The van der Waals surface area contributed by atoms with Crippen LogP contribution in [0.1, 0.15) is 23.1 Å². The molecule has 1 heterocycles. The molecule has 11 rings (SSSR count). The van der Waals surface area contributed by atoms with Crippen LogP contribution in [0.3, 0.4) is 0 Å².